The second-order valence-corrected chi connectivity index (χ2v) is 5.44. The van der Waals surface area contributed by atoms with Crippen LogP contribution in [0.15, 0.2) is 42.5 Å². The third kappa shape index (κ3) is 5.17. The zero-order valence-electron chi connectivity index (χ0n) is 13.4. The van der Waals surface area contributed by atoms with E-state index in [1.807, 2.05) is 6.92 Å². The van der Waals surface area contributed by atoms with E-state index in [1.54, 1.807) is 42.5 Å². The summed E-state index contributed by atoms with van der Waals surface area (Å²) in [6, 6.07) is 11.7. The van der Waals surface area contributed by atoms with Gasteiger partial charge in [0.05, 0.1) is 0 Å². The van der Waals surface area contributed by atoms with E-state index in [0.717, 1.165) is 5.56 Å². The summed E-state index contributed by atoms with van der Waals surface area (Å²) < 4.78 is 5.43. The van der Waals surface area contributed by atoms with Crippen LogP contribution in [-0.2, 0) is 4.79 Å². The van der Waals surface area contributed by atoms with Gasteiger partial charge in [0.15, 0.2) is 6.61 Å². The van der Waals surface area contributed by atoms with E-state index in [4.69, 9.17) is 16.3 Å². The van der Waals surface area contributed by atoms with Crippen LogP contribution in [0.5, 0.6) is 5.75 Å². The Bertz CT molecular complexity index is 732. The van der Waals surface area contributed by atoms with Crippen LogP contribution in [0.2, 0.25) is 5.02 Å². The first-order chi connectivity index (χ1) is 11.5. The molecule has 0 aliphatic rings. The van der Waals surface area contributed by atoms with Crippen LogP contribution < -0.4 is 20.7 Å². The van der Waals surface area contributed by atoms with Crippen LogP contribution in [0.25, 0.3) is 0 Å². The maximum absolute atomic E-state index is 11.9. The fourth-order valence-electron chi connectivity index (χ4n) is 1.88. The number of rotatable bonds is 5. The van der Waals surface area contributed by atoms with E-state index in [9.17, 15) is 9.59 Å². The number of anilines is 2. The molecule has 0 radical (unpaired) electrons. The standard InChI is InChI=1S/C17H18ClN3O3/c1-11-9-14(7-8-15(11)18)24-10-16(22)20-12-3-5-13(6-4-12)21-17(23)19-2/h3-9H,10H2,1-2H3,(H,20,22)(H2,19,21,23). The van der Waals surface area contributed by atoms with Crippen molar-refractivity contribution >= 4 is 34.9 Å². The number of amides is 3. The van der Waals surface area contributed by atoms with E-state index >= 15 is 0 Å². The number of carbonyl (C=O) groups excluding carboxylic acids is 2. The van der Waals surface area contributed by atoms with Crippen molar-refractivity contribution in [3.8, 4) is 5.75 Å². The highest BCUT2D eigenvalue weighted by molar-refractivity contribution is 6.31. The minimum absolute atomic E-state index is 0.112. The van der Waals surface area contributed by atoms with Gasteiger partial charge in [0.2, 0.25) is 0 Å². The number of urea groups is 1. The average molecular weight is 348 g/mol. The summed E-state index contributed by atoms with van der Waals surface area (Å²) in [4.78, 5) is 23.1. The number of aryl methyl sites for hydroxylation is 1. The number of benzene rings is 2. The average Bonchev–Trinajstić information content (AvgIpc) is 2.57. The summed E-state index contributed by atoms with van der Waals surface area (Å²) in [5.74, 6) is 0.298. The molecule has 3 N–H and O–H groups in total. The molecule has 2 aromatic rings. The van der Waals surface area contributed by atoms with E-state index in [0.29, 0.717) is 22.1 Å². The molecule has 7 heteroatoms. The summed E-state index contributed by atoms with van der Waals surface area (Å²) >= 11 is 5.94. The lowest BCUT2D eigenvalue weighted by Crippen LogP contribution is -2.24. The van der Waals surface area contributed by atoms with E-state index in [-0.39, 0.29) is 18.5 Å². The van der Waals surface area contributed by atoms with Gasteiger partial charge in [0, 0.05) is 23.4 Å². The Morgan fingerprint density at radius 3 is 2.25 bits per heavy atom. The van der Waals surface area contributed by atoms with Gasteiger partial charge in [-0.05, 0) is 55.0 Å². The van der Waals surface area contributed by atoms with Crippen LogP contribution in [0.4, 0.5) is 16.2 Å². The Morgan fingerprint density at radius 2 is 1.67 bits per heavy atom. The molecule has 0 unspecified atom stereocenters. The largest absolute Gasteiger partial charge is 0.484 e. The Hall–Kier alpha value is -2.73. The second-order valence-electron chi connectivity index (χ2n) is 5.03. The molecule has 0 spiro atoms. The molecule has 0 bridgehead atoms. The van der Waals surface area contributed by atoms with Gasteiger partial charge >= 0.3 is 6.03 Å². The van der Waals surface area contributed by atoms with Gasteiger partial charge in [-0.15, -0.1) is 0 Å². The Kier molecular flexibility index (Phi) is 6.03. The Morgan fingerprint density at radius 1 is 1.04 bits per heavy atom. The second kappa shape index (κ2) is 8.21. The maximum atomic E-state index is 11.9. The molecule has 2 aromatic carbocycles. The molecule has 0 aliphatic carbocycles. The monoisotopic (exact) mass is 347 g/mol. The minimum Gasteiger partial charge on any atom is -0.484 e. The van der Waals surface area contributed by atoms with Crippen molar-refractivity contribution in [2.45, 2.75) is 6.92 Å². The number of carbonyl (C=O) groups is 2. The topological polar surface area (TPSA) is 79.5 Å². The third-order valence-corrected chi connectivity index (χ3v) is 3.58. The lowest BCUT2D eigenvalue weighted by atomic mass is 10.2. The summed E-state index contributed by atoms with van der Waals surface area (Å²) in [7, 11) is 1.53. The highest BCUT2D eigenvalue weighted by Gasteiger charge is 2.05. The van der Waals surface area contributed by atoms with Gasteiger partial charge in [-0.1, -0.05) is 11.6 Å². The molecule has 0 fully saturated rings. The van der Waals surface area contributed by atoms with Crippen LogP contribution in [0, 0.1) is 6.92 Å². The van der Waals surface area contributed by atoms with Crippen molar-refractivity contribution in [2.75, 3.05) is 24.3 Å². The number of halogens is 1. The number of nitrogens with one attached hydrogen (secondary N) is 3. The van der Waals surface area contributed by atoms with Crippen molar-refractivity contribution in [1.29, 1.82) is 0 Å². The first kappa shape index (κ1) is 17.6. The smallest absolute Gasteiger partial charge is 0.318 e. The van der Waals surface area contributed by atoms with Crippen LogP contribution >= 0.6 is 11.6 Å². The van der Waals surface area contributed by atoms with E-state index in [1.165, 1.54) is 7.05 Å². The van der Waals surface area contributed by atoms with Crippen LogP contribution in [0.1, 0.15) is 5.56 Å². The molecule has 6 nitrogen and oxygen atoms in total. The SMILES string of the molecule is CNC(=O)Nc1ccc(NC(=O)COc2ccc(Cl)c(C)c2)cc1. The molecule has 0 saturated heterocycles. The molecule has 24 heavy (non-hydrogen) atoms. The quantitative estimate of drug-likeness (QED) is 0.775. The maximum Gasteiger partial charge on any atom is 0.318 e. The fraction of sp³-hybridized carbons (Fsp3) is 0.176. The molecule has 0 saturated carbocycles. The summed E-state index contributed by atoms with van der Waals surface area (Å²) in [6.07, 6.45) is 0. The predicted octanol–water partition coefficient (Wildman–Crippen LogP) is 3.42. The van der Waals surface area contributed by atoms with Crippen molar-refractivity contribution in [2.24, 2.45) is 0 Å². The zero-order valence-corrected chi connectivity index (χ0v) is 14.1. The molecule has 3 amide bonds. The van der Waals surface area contributed by atoms with Crippen LogP contribution in [0.3, 0.4) is 0 Å². The minimum atomic E-state index is -0.307. The van der Waals surface area contributed by atoms with E-state index in [2.05, 4.69) is 16.0 Å². The number of ether oxygens (including phenoxy) is 1. The first-order valence-electron chi connectivity index (χ1n) is 7.25. The number of hydrogen-bond acceptors (Lipinski definition) is 3. The molecule has 2 rings (SSSR count). The van der Waals surface area contributed by atoms with Crippen molar-refractivity contribution in [1.82, 2.24) is 5.32 Å². The van der Waals surface area contributed by atoms with E-state index < -0.39 is 0 Å². The Labute approximate surface area is 145 Å². The zero-order chi connectivity index (χ0) is 17.5. The molecule has 0 heterocycles. The first-order valence-corrected chi connectivity index (χ1v) is 7.63. The highest BCUT2D eigenvalue weighted by Crippen LogP contribution is 2.21. The fourth-order valence-corrected chi connectivity index (χ4v) is 2.00. The normalized spacial score (nSPS) is 9.96. The van der Waals surface area contributed by atoms with Crippen molar-refractivity contribution < 1.29 is 14.3 Å². The van der Waals surface area contributed by atoms with Crippen LogP contribution in [-0.4, -0.2) is 25.6 Å². The molecule has 0 aliphatic heterocycles. The molecule has 0 aromatic heterocycles. The Balaban J connectivity index is 1.85. The van der Waals surface area contributed by atoms with Gasteiger partial charge in [-0.2, -0.15) is 0 Å². The number of hydrogen-bond donors (Lipinski definition) is 3. The van der Waals surface area contributed by atoms with Gasteiger partial charge in [-0.25, -0.2) is 4.79 Å². The van der Waals surface area contributed by atoms with Gasteiger partial charge in [0.25, 0.3) is 5.91 Å². The molecule has 0 atom stereocenters. The predicted molar refractivity (Wildman–Crippen MR) is 94.8 cm³/mol. The van der Waals surface area contributed by atoms with Crippen molar-refractivity contribution in [3.05, 3.63) is 53.1 Å². The lowest BCUT2D eigenvalue weighted by Gasteiger charge is -2.09. The molecule has 126 valence electrons. The molecular weight excluding hydrogens is 330 g/mol. The highest BCUT2D eigenvalue weighted by atomic mass is 35.5. The third-order valence-electron chi connectivity index (χ3n) is 3.15. The summed E-state index contributed by atoms with van der Waals surface area (Å²) in [5.41, 5.74) is 2.12. The lowest BCUT2D eigenvalue weighted by molar-refractivity contribution is -0.118. The van der Waals surface area contributed by atoms with Crippen molar-refractivity contribution in [3.63, 3.8) is 0 Å². The summed E-state index contributed by atoms with van der Waals surface area (Å²) in [6.45, 7) is 1.75. The van der Waals surface area contributed by atoms with Gasteiger partial charge in [-0.3, -0.25) is 4.79 Å². The molecular formula is C17H18ClN3O3. The van der Waals surface area contributed by atoms with Gasteiger partial charge < -0.3 is 20.7 Å². The van der Waals surface area contributed by atoms with Gasteiger partial charge in [0.1, 0.15) is 5.75 Å². The summed E-state index contributed by atoms with van der Waals surface area (Å²) in [5, 5.41) is 8.45.